The van der Waals surface area contributed by atoms with E-state index in [0.717, 1.165) is 32.1 Å². The first kappa shape index (κ1) is 20.9. The highest BCUT2D eigenvalue weighted by Crippen LogP contribution is 2.25. The van der Waals surface area contributed by atoms with Crippen molar-refractivity contribution in [1.82, 2.24) is 0 Å². The first-order chi connectivity index (χ1) is 10.5. The Morgan fingerprint density at radius 2 is 1.00 bits per heavy atom. The van der Waals surface area contributed by atoms with Crippen LogP contribution in [-0.4, -0.2) is 22.2 Å². The van der Waals surface area contributed by atoms with E-state index in [2.05, 4.69) is 6.92 Å². The van der Waals surface area contributed by atoms with E-state index < -0.39 is 23.8 Å². The van der Waals surface area contributed by atoms with Crippen LogP contribution in [0.3, 0.4) is 0 Å². The Balaban J connectivity index is 4.07. The summed E-state index contributed by atoms with van der Waals surface area (Å²) in [5, 5.41) is 18.6. The maximum absolute atomic E-state index is 11.4. The third-order valence-corrected chi connectivity index (χ3v) is 4.36. The van der Waals surface area contributed by atoms with Crippen molar-refractivity contribution in [2.24, 2.45) is 11.8 Å². The minimum Gasteiger partial charge on any atom is -0.481 e. The lowest BCUT2D eigenvalue weighted by molar-refractivity contribution is -0.154. The molecule has 2 unspecified atom stereocenters. The lowest BCUT2D eigenvalue weighted by Gasteiger charge is -2.20. The van der Waals surface area contributed by atoms with Crippen LogP contribution in [0.4, 0.5) is 0 Å². The highest BCUT2D eigenvalue weighted by Gasteiger charge is 2.32. The molecule has 0 bridgehead atoms. The lowest BCUT2D eigenvalue weighted by atomic mass is 9.84. The monoisotopic (exact) mass is 314 g/mol. The summed E-state index contributed by atoms with van der Waals surface area (Å²) in [4.78, 5) is 22.7. The van der Waals surface area contributed by atoms with Crippen LogP contribution in [-0.2, 0) is 9.59 Å². The van der Waals surface area contributed by atoms with Crippen LogP contribution < -0.4 is 0 Å². The van der Waals surface area contributed by atoms with Crippen molar-refractivity contribution in [2.75, 3.05) is 0 Å². The van der Waals surface area contributed by atoms with Gasteiger partial charge in [-0.3, -0.25) is 9.59 Å². The smallest absolute Gasteiger partial charge is 0.307 e. The van der Waals surface area contributed by atoms with E-state index in [9.17, 15) is 19.8 Å². The van der Waals surface area contributed by atoms with Gasteiger partial charge in [0.1, 0.15) is 0 Å². The maximum Gasteiger partial charge on any atom is 0.307 e. The Labute approximate surface area is 135 Å². The molecule has 0 amide bonds. The second-order valence-corrected chi connectivity index (χ2v) is 6.30. The van der Waals surface area contributed by atoms with Gasteiger partial charge in [-0.2, -0.15) is 0 Å². The topological polar surface area (TPSA) is 74.6 Å². The van der Waals surface area contributed by atoms with E-state index in [0.29, 0.717) is 12.8 Å². The molecule has 2 atom stereocenters. The molecular weight excluding hydrogens is 280 g/mol. The van der Waals surface area contributed by atoms with Crippen LogP contribution in [0.1, 0.15) is 90.9 Å². The third kappa shape index (κ3) is 9.80. The van der Waals surface area contributed by atoms with Gasteiger partial charge >= 0.3 is 11.9 Å². The predicted octanol–water partition coefficient (Wildman–Crippen LogP) is 5.11. The quantitative estimate of drug-likeness (QED) is 0.412. The standard InChI is InChI=1S/C18H34O4/c1-3-5-7-8-9-10-11-12-14-16(18(21)22)15(17(19)20)13-6-4-2/h15-16H,3-14H2,1-2H3,(H,19,20)(H,21,22). The summed E-state index contributed by atoms with van der Waals surface area (Å²) < 4.78 is 0. The van der Waals surface area contributed by atoms with Crippen LogP contribution in [0.2, 0.25) is 0 Å². The summed E-state index contributed by atoms with van der Waals surface area (Å²) in [6.45, 7) is 4.19. The van der Waals surface area contributed by atoms with E-state index in [4.69, 9.17) is 0 Å². The number of hydrogen-bond acceptors (Lipinski definition) is 2. The highest BCUT2D eigenvalue weighted by atomic mass is 16.4. The van der Waals surface area contributed by atoms with Crippen LogP contribution in [0, 0.1) is 11.8 Å². The van der Waals surface area contributed by atoms with E-state index in [1.165, 1.54) is 32.1 Å². The van der Waals surface area contributed by atoms with Crippen molar-refractivity contribution in [1.29, 1.82) is 0 Å². The second kappa shape index (κ2) is 13.6. The fourth-order valence-corrected chi connectivity index (χ4v) is 2.92. The average molecular weight is 314 g/mol. The van der Waals surface area contributed by atoms with Crippen LogP contribution in [0.15, 0.2) is 0 Å². The first-order valence-corrected chi connectivity index (χ1v) is 9.00. The molecule has 130 valence electrons. The number of aliphatic carboxylic acids is 2. The molecule has 0 aliphatic rings. The van der Waals surface area contributed by atoms with Crippen molar-refractivity contribution in [3.8, 4) is 0 Å². The molecule has 0 rings (SSSR count). The summed E-state index contributed by atoms with van der Waals surface area (Å²) in [6, 6.07) is 0. The van der Waals surface area contributed by atoms with Crippen LogP contribution >= 0.6 is 0 Å². The molecule has 0 aliphatic heterocycles. The van der Waals surface area contributed by atoms with Crippen molar-refractivity contribution in [3.63, 3.8) is 0 Å². The zero-order chi connectivity index (χ0) is 16.8. The van der Waals surface area contributed by atoms with Gasteiger partial charge in [0.15, 0.2) is 0 Å². The molecule has 0 aromatic heterocycles. The molecule has 0 aromatic carbocycles. The molecule has 0 saturated carbocycles. The van der Waals surface area contributed by atoms with Gasteiger partial charge in [0.2, 0.25) is 0 Å². The summed E-state index contributed by atoms with van der Waals surface area (Å²) in [5.41, 5.74) is 0. The molecule has 4 heteroatoms. The fraction of sp³-hybridized carbons (Fsp3) is 0.889. The molecular formula is C18H34O4. The van der Waals surface area contributed by atoms with E-state index in [-0.39, 0.29) is 0 Å². The molecule has 0 heterocycles. The van der Waals surface area contributed by atoms with Gasteiger partial charge in [0.25, 0.3) is 0 Å². The molecule has 0 aromatic rings. The first-order valence-electron chi connectivity index (χ1n) is 9.00. The lowest BCUT2D eigenvalue weighted by Crippen LogP contribution is -2.30. The minimum absolute atomic E-state index is 0.472. The largest absolute Gasteiger partial charge is 0.481 e. The minimum atomic E-state index is -0.958. The summed E-state index contributed by atoms with van der Waals surface area (Å²) in [6.07, 6.45) is 11.9. The molecule has 0 fully saturated rings. The number of carbonyl (C=O) groups is 2. The average Bonchev–Trinajstić information content (AvgIpc) is 2.47. The molecule has 0 aliphatic carbocycles. The normalized spacial score (nSPS) is 13.7. The number of rotatable bonds is 15. The SMILES string of the molecule is CCCCCCCCCCC(C(=O)O)C(CCCC)C(=O)O. The van der Waals surface area contributed by atoms with Crippen molar-refractivity contribution in [2.45, 2.75) is 90.9 Å². The number of unbranched alkanes of at least 4 members (excludes halogenated alkanes) is 8. The molecule has 0 spiro atoms. The maximum atomic E-state index is 11.4. The Morgan fingerprint density at radius 1 is 0.636 bits per heavy atom. The van der Waals surface area contributed by atoms with Crippen molar-refractivity contribution < 1.29 is 19.8 Å². The molecule has 22 heavy (non-hydrogen) atoms. The Kier molecular flexibility index (Phi) is 12.9. The number of hydrogen-bond donors (Lipinski definition) is 2. The van der Waals surface area contributed by atoms with Crippen molar-refractivity contribution >= 4 is 11.9 Å². The van der Waals surface area contributed by atoms with E-state index >= 15 is 0 Å². The Morgan fingerprint density at radius 3 is 1.41 bits per heavy atom. The van der Waals surface area contributed by atoms with Gasteiger partial charge in [0, 0.05) is 0 Å². The predicted molar refractivity (Wildman–Crippen MR) is 89.0 cm³/mol. The van der Waals surface area contributed by atoms with Crippen LogP contribution in [0.25, 0.3) is 0 Å². The molecule has 0 radical (unpaired) electrons. The highest BCUT2D eigenvalue weighted by molar-refractivity contribution is 5.79. The zero-order valence-corrected chi connectivity index (χ0v) is 14.4. The Bertz CT molecular complexity index is 301. The number of carboxylic acids is 2. The van der Waals surface area contributed by atoms with Crippen LogP contribution in [0.5, 0.6) is 0 Å². The summed E-state index contributed by atoms with van der Waals surface area (Å²) >= 11 is 0. The fourth-order valence-electron chi connectivity index (χ4n) is 2.92. The van der Waals surface area contributed by atoms with Gasteiger partial charge in [0.05, 0.1) is 11.8 Å². The van der Waals surface area contributed by atoms with Gasteiger partial charge in [-0.25, -0.2) is 0 Å². The van der Waals surface area contributed by atoms with Gasteiger partial charge in [-0.1, -0.05) is 78.1 Å². The second-order valence-electron chi connectivity index (χ2n) is 6.30. The van der Waals surface area contributed by atoms with E-state index in [1.54, 1.807) is 0 Å². The molecule has 0 saturated heterocycles. The van der Waals surface area contributed by atoms with Gasteiger partial charge < -0.3 is 10.2 Å². The van der Waals surface area contributed by atoms with Crippen molar-refractivity contribution in [3.05, 3.63) is 0 Å². The summed E-state index contributed by atoms with van der Waals surface area (Å²) in [7, 11) is 0. The molecule has 4 nitrogen and oxygen atoms in total. The van der Waals surface area contributed by atoms with E-state index in [1.807, 2.05) is 6.92 Å². The number of carboxylic acid groups (broad SMARTS) is 2. The molecule has 2 N–H and O–H groups in total. The van der Waals surface area contributed by atoms with Gasteiger partial charge in [-0.15, -0.1) is 0 Å². The zero-order valence-electron chi connectivity index (χ0n) is 14.4. The summed E-state index contributed by atoms with van der Waals surface area (Å²) in [5.74, 6) is -3.38. The Hall–Kier alpha value is -1.06. The third-order valence-electron chi connectivity index (χ3n) is 4.36. The van der Waals surface area contributed by atoms with Gasteiger partial charge in [-0.05, 0) is 12.8 Å².